The van der Waals surface area contributed by atoms with E-state index in [2.05, 4.69) is 17.1 Å². The normalized spacial score (nSPS) is 11.2. The van der Waals surface area contributed by atoms with Crippen LogP contribution in [0.4, 0.5) is 0 Å². The Hall–Kier alpha value is -0.160. The van der Waals surface area contributed by atoms with Crippen LogP contribution < -0.4 is 5.32 Å². The number of rotatable bonds is 12. The Morgan fingerprint density at radius 3 is 2.50 bits per heavy atom. The zero-order valence-electron chi connectivity index (χ0n) is 11.1. The first-order valence-electron chi connectivity index (χ1n) is 6.28. The fourth-order valence-corrected chi connectivity index (χ4v) is 1.56. The van der Waals surface area contributed by atoms with Crippen LogP contribution in [-0.2, 0) is 9.47 Å². The highest BCUT2D eigenvalue weighted by Crippen LogP contribution is 1.94. The van der Waals surface area contributed by atoms with Crippen molar-refractivity contribution in [3.63, 3.8) is 0 Å². The third-order valence-corrected chi connectivity index (χ3v) is 2.41. The molecule has 0 aliphatic rings. The van der Waals surface area contributed by atoms with E-state index < -0.39 is 0 Å². The molecule has 1 N–H and O–H groups in total. The highest BCUT2D eigenvalue weighted by Gasteiger charge is 2.02. The van der Waals surface area contributed by atoms with Crippen LogP contribution in [-0.4, -0.2) is 65.1 Å². The number of methoxy groups -OCH3 is 1. The molecule has 98 valence electrons. The molecule has 0 aromatic rings. The summed E-state index contributed by atoms with van der Waals surface area (Å²) in [4.78, 5) is 2.48. The molecule has 0 spiro atoms. The quantitative estimate of drug-likeness (QED) is 0.508. The summed E-state index contributed by atoms with van der Waals surface area (Å²) >= 11 is 0. The van der Waals surface area contributed by atoms with Crippen molar-refractivity contribution in [3.8, 4) is 0 Å². The Morgan fingerprint density at radius 2 is 1.88 bits per heavy atom. The summed E-state index contributed by atoms with van der Waals surface area (Å²) in [5.74, 6) is 0. The first-order valence-corrected chi connectivity index (χ1v) is 6.28. The van der Waals surface area contributed by atoms with E-state index in [0.29, 0.717) is 13.2 Å². The molecule has 0 aromatic heterocycles. The minimum Gasteiger partial charge on any atom is -0.382 e. The van der Waals surface area contributed by atoms with E-state index in [1.165, 1.54) is 13.0 Å². The van der Waals surface area contributed by atoms with Gasteiger partial charge in [0, 0.05) is 33.4 Å². The third-order valence-electron chi connectivity index (χ3n) is 2.41. The van der Waals surface area contributed by atoms with Gasteiger partial charge < -0.3 is 19.7 Å². The Morgan fingerprint density at radius 1 is 1.06 bits per heavy atom. The van der Waals surface area contributed by atoms with Crippen molar-refractivity contribution in [2.75, 3.05) is 60.2 Å². The fourth-order valence-electron chi connectivity index (χ4n) is 1.56. The third kappa shape index (κ3) is 10.4. The second-order valence-electron chi connectivity index (χ2n) is 3.90. The summed E-state index contributed by atoms with van der Waals surface area (Å²) in [5, 5.41) is 3.19. The molecule has 0 rings (SSSR count). The van der Waals surface area contributed by atoms with E-state index in [4.69, 9.17) is 9.47 Å². The van der Waals surface area contributed by atoms with Gasteiger partial charge in [-0.05, 0) is 26.4 Å². The van der Waals surface area contributed by atoms with Crippen LogP contribution >= 0.6 is 0 Å². The minimum absolute atomic E-state index is 0.693. The first kappa shape index (κ1) is 15.8. The van der Waals surface area contributed by atoms with Crippen LogP contribution in [0, 0.1) is 0 Å². The van der Waals surface area contributed by atoms with Crippen LogP contribution in [0.1, 0.15) is 19.8 Å². The van der Waals surface area contributed by atoms with E-state index in [1.807, 2.05) is 7.05 Å². The molecule has 0 aromatic carbocycles. The number of nitrogens with one attached hydrogen (secondary N) is 1. The monoisotopic (exact) mass is 232 g/mol. The van der Waals surface area contributed by atoms with Crippen LogP contribution in [0.3, 0.4) is 0 Å². The number of hydrogen-bond acceptors (Lipinski definition) is 4. The molecular formula is C12H28N2O2. The summed E-state index contributed by atoms with van der Waals surface area (Å²) in [6.07, 6.45) is 2.32. The van der Waals surface area contributed by atoms with Crippen LogP contribution in [0.2, 0.25) is 0 Å². The van der Waals surface area contributed by atoms with Gasteiger partial charge >= 0.3 is 0 Å². The van der Waals surface area contributed by atoms with Crippen molar-refractivity contribution < 1.29 is 9.47 Å². The lowest BCUT2D eigenvalue weighted by Crippen LogP contribution is -2.32. The van der Waals surface area contributed by atoms with E-state index >= 15 is 0 Å². The summed E-state index contributed by atoms with van der Waals surface area (Å²) < 4.78 is 10.4. The van der Waals surface area contributed by atoms with E-state index in [9.17, 15) is 0 Å². The van der Waals surface area contributed by atoms with Crippen LogP contribution in [0.25, 0.3) is 0 Å². The molecule has 0 unspecified atom stereocenters. The average Bonchev–Trinajstić information content (AvgIpc) is 2.30. The Balaban J connectivity index is 3.36. The number of likely N-dealkylation sites (N-methyl/N-ethyl adjacent to an activating group) is 1. The molecule has 0 fully saturated rings. The Bertz CT molecular complexity index is 134. The van der Waals surface area contributed by atoms with Crippen molar-refractivity contribution in [2.45, 2.75) is 19.8 Å². The van der Waals surface area contributed by atoms with Crippen molar-refractivity contribution in [2.24, 2.45) is 0 Å². The number of hydrogen-bond donors (Lipinski definition) is 1. The first-order chi connectivity index (χ1) is 7.85. The van der Waals surface area contributed by atoms with Gasteiger partial charge in [0.2, 0.25) is 0 Å². The van der Waals surface area contributed by atoms with Crippen LogP contribution in [0.15, 0.2) is 0 Å². The SMILES string of the molecule is CCCN(CCCOCCOC)CCNC. The molecule has 0 aliphatic heterocycles. The van der Waals surface area contributed by atoms with Gasteiger partial charge in [0.1, 0.15) is 0 Å². The largest absolute Gasteiger partial charge is 0.382 e. The molecule has 0 amide bonds. The molecule has 16 heavy (non-hydrogen) atoms. The summed E-state index contributed by atoms with van der Waals surface area (Å²) in [6.45, 7) is 8.96. The molecule has 0 bridgehead atoms. The maximum atomic E-state index is 5.44. The number of nitrogens with zero attached hydrogens (tertiary/aromatic N) is 1. The predicted octanol–water partition coefficient (Wildman–Crippen LogP) is 0.971. The van der Waals surface area contributed by atoms with Crippen molar-refractivity contribution in [1.82, 2.24) is 10.2 Å². The zero-order valence-corrected chi connectivity index (χ0v) is 11.1. The van der Waals surface area contributed by atoms with Gasteiger partial charge in [-0.3, -0.25) is 0 Å². The van der Waals surface area contributed by atoms with Crippen LogP contribution in [0.5, 0.6) is 0 Å². The van der Waals surface area contributed by atoms with Gasteiger partial charge in [0.05, 0.1) is 13.2 Å². The van der Waals surface area contributed by atoms with Gasteiger partial charge in [0.15, 0.2) is 0 Å². The fraction of sp³-hybridized carbons (Fsp3) is 1.00. The highest BCUT2D eigenvalue weighted by molar-refractivity contribution is 4.58. The molecule has 0 saturated heterocycles. The maximum absolute atomic E-state index is 5.44. The molecule has 0 radical (unpaired) electrons. The smallest absolute Gasteiger partial charge is 0.0700 e. The molecular weight excluding hydrogens is 204 g/mol. The molecule has 0 aliphatic carbocycles. The second kappa shape index (κ2) is 12.9. The van der Waals surface area contributed by atoms with Gasteiger partial charge in [-0.1, -0.05) is 6.92 Å². The average molecular weight is 232 g/mol. The topological polar surface area (TPSA) is 33.7 Å². The highest BCUT2D eigenvalue weighted by atomic mass is 16.5. The summed E-state index contributed by atoms with van der Waals surface area (Å²) in [6, 6.07) is 0. The zero-order chi connectivity index (χ0) is 12.1. The molecule has 0 atom stereocenters. The van der Waals surface area contributed by atoms with E-state index in [0.717, 1.165) is 32.7 Å². The molecule has 0 saturated carbocycles. The van der Waals surface area contributed by atoms with E-state index in [-0.39, 0.29) is 0 Å². The van der Waals surface area contributed by atoms with E-state index in [1.54, 1.807) is 7.11 Å². The molecule has 0 heterocycles. The van der Waals surface area contributed by atoms with Gasteiger partial charge in [-0.15, -0.1) is 0 Å². The van der Waals surface area contributed by atoms with Gasteiger partial charge in [0.25, 0.3) is 0 Å². The van der Waals surface area contributed by atoms with Crippen molar-refractivity contribution >= 4 is 0 Å². The maximum Gasteiger partial charge on any atom is 0.0700 e. The number of ether oxygens (including phenoxy) is 2. The predicted molar refractivity (Wildman–Crippen MR) is 68.0 cm³/mol. The lowest BCUT2D eigenvalue weighted by molar-refractivity contribution is 0.0653. The second-order valence-corrected chi connectivity index (χ2v) is 3.90. The lowest BCUT2D eigenvalue weighted by Gasteiger charge is -2.21. The van der Waals surface area contributed by atoms with Gasteiger partial charge in [-0.25, -0.2) is 0 Å². The summed E-state index contributed by atoms with van der Waals surface area (Å²) in [7, 11) is 3.70. The Labute approximate surface area is 100 Å². The van der Waals surface area contributed by atoms with Gasteiger partial charge in [-0.2, -0.15) is 0 Å². The summed E-state index contributed by atoms with van der Waals surface area (Å²) in [5.41, 5.74) is 0. The van der Waals surface area contributed by atoms with Crippen molar-refractivity contribution in [1.29, 1.82) is 0 Å². The molecule has 4 heteroatoms. The standard InChI is InChI=1S/C12H28N2O2/c1-4-7-14(9-6-13-2)8-5-10-16-12-11-15-3/h13H,4-12H2,1-3H3. The lowest BCUT2D eigenvalue weighted by atomic mass is 10.3. The molecule has 4 nitrogen and oxygen atoms in total. The Kier molecular flexibility index (Phi) is 12.8. The van der Waals surface area contributed by atoms with Crippen molar-refractivity contribution in [3.05, 3.63) is 0 Å². The minimum atomic E-state index is 0.693.